The number of fused-ring (bicyclic) bond motifs is 2. The number of nitrogens with zero attached hydrogens (tertiary/aromatic N) is 1. The SMILES string of the molecule is CC(C)[C@H]1OC[C@@]2(CO)COC3(CCCCC3)N12. The zero-order valence-corrected chi connectivity index (χ0v) is 11.5. The van der Waals surface area contributed by atoms with Gasteiger partial charge in [-0.25, -0.2) is 4.90 Å². The van der Waals surface area contributed by atoms with Crippen LogP contribution < -0.4 is 0 Å². The molecule has 1 spiro atoms. The third kappa shape index (κ3) is 1.66. The van der Waals surface area contributed by atoms with Crippen LogP contribution in [-0.2, 0) is 9.47 Å². The Balaban J connectivity index is 1.93. The Hall–Kier alpha value is -0.160. The molecular formula is C14H25NO3. The zero-order valence-electron chi connectivity index (χ0n) is 11.5. The van der Waals surface area contributed by atoms with E-state index in [2.05, 4.69) is 18.7 Å². The van der Waals surface area contributed by atoms with Crippen molar-refractivity contribution in [3.8, 4) is 0 Å². The van der Waals surface area contributed by atoms with Crippen LogP contribution in [0.4, 0.5) is 0 Å². The lowest BCUT2D eigenvalue weighted by Crippen LogP contribution is -2.58. The lowest BCUT2D eigenvalue weighted by Gasteiger charge is -2.45. The van der Waals surface area contributed by atoms with Crippen molar-refractivity contribution in [2.24, 2.45) is 5.92 Å². The van der Waals surface area contributed by atoms with Crippen LogP contribution in [0, 0.1) is 5.92 Å². The van der Waals surface area contributed by atoms with Crippen molar-refractivity contribution in [3.63, 3.8) is 0 Å². The maximum Gasteiger partial charge on any atom is 0.124 e. The fraction of sp³-hybridized carbons (Fsp3) is 1.00. The number of aliphatic hydroxyl groups is 1. The molecule has 0 radical (unpaired) electrons. The van der Waals surface area contributed by atoms with Crippen molar-refractivity contribution in [1.29, 1.82) is 0 Å². The number of rotatable bonds is 2. The van der Waals surface area contributed by atoms with E-state index in [1.54, 1.807) is 0 Å². The van der Waals surface area contributed by atoms with Crippen molar-refractivity contribution in [2.45, 2.75) is 63.4 Å². The van der Waals surface area contributed by atoms with E-state index in [1.165, 1.54) is 19.3 Å². The van der Waals surface area contributed by atoms with Crippen molar-refractivity contribution >= 4 is 0 Å². The first-order valence-electron chi connectivity index (χ1n) is 7.29. The second kappa shape index (κ2) is 4.44. The highest BCUT2D eigenvalue weighted by atomic mass is 16.6. The number of aliphatic hydroxyl groups excluding tert-OH is 1. The Morgan fingerprint density at radius 3 is 2.56 bits per heavy atom. The fourth-order valence-electron chi connectivity index (χ4n) is 3.92. The van der Waals surface area contributed by atoms with Gasteiger partial charge in [-0.2, -0.15) is 0 Å². The molecule has 0 bridgehead atoms. The molecule has 1 aliphatic carbocycles. The summed E-state index contributed by atoms with van der Waals surface area (Å²) in [6, 6.07) is 0. The molecule has 2 saturated heterocycles. The minimum absolute atomic E-state index is 0.0951. The predicted octanol–water partition coefficient (Wildman–Crippen LogP) is 1.72. The molecule has 1 saturated carbocycles. The smallest absolute Gasteiger partial charge is 0.124 e. The Bertz CT molecular complexity index is 314. The topological polar surface area (TPSA) is 41.9 Å². The molecule has 2 heterocycles. The number of hydrogen-bond donors (Lipinski definition) is 1. The van der Waals surface area contributed by atoms with Gasteiger partial charge in [0, 0.05) is 0 Å². The lowest BCUT2D eigenvalue weighted by molar-refractivity contribution is -0.166. The second-order valence-corrected chi connectivity index (χ2v) is 6.49. The first-order valence-corrected chi connectivity index (χ1v) is 7.29. The van der Waals surface area contributed by atoms with Gasteiger partial charge in [0.05, 0.1) is 25.4 Å². The highest BCUT2D eigenvalue weighted by molar-refractivity contribution is 5.08. The molecular weight excluding hydrogens is 230 g/mol. The van der Waals surface area contributed by atoms with Gasteiger partial charge in [0.25, 0.3) is 0 Å². The van der Waals surface area contributed by atoms with Gasteiger partial charge in [-0.15, -0.1) is 0 Å². The van der Waals surface area contributed by atoms with Crippen LogP contribution in [0.25, 0.3) is 0 Å². The first-order chi connectivity index (χ1) is 8.64. The van der Waals surface area contributed by atoms with Crippen LogP contribution in [0.1, 0.15) is 46.0 Å². The van der Waals surface area contributed by atoms with E-state index in [1.807, 2.05) is 0 Å². The summed E-state index contributed by atoms with van der Waals surface area (Å²) in [6.45, 7) is 5.73. The van der Waals surface area contributed by atoms with E-state index in [4.69, 9.17) is 9.47 Å². The number of hydrogen-bond acceptors (Lipinski definition) is 4. The third-order valence-corrected chi connectivity index (χ3v) is 4.84. The summed E-state index contributed by atoms with van der Waals surface area (Å²) < 4.78 is 12.2. The van der Waals surface area contributed by atoms with Gasteiger partial charge >= 0.3 is 0 Å². The molecule has 4 heteroatoms. The van der Waals surface area contributed by atoms with Gasteiger partial charge in [0.1, 0.15) is 12.0 Å². The Labute approximate surface area is 109 Å². The number of ether oxygens (including phenoxy) is 2. The molecule has 0 aromatic heterocycles. The normalized spacial score (nSPS) is 39.7. The molecule has 0 aromatic carbocycles. The molecule has 18 heavy (non-hydrogen) atoms. The van der Waals surface area contributed by atoms with E-state index < -0.39 is 0 Å². The van der Waals surface area contributed by atoms with Crippen LogP contribution in [-0.4, -0.2) is 47.3 Å². The highest BCUT2D eigenvalue weighted by Gasteiger charge is 2.62. The first kappa shape index (κ1) is 12.9. The molecule has 4 nitrogen and oxygen atoms in total. The Kier molecular flexibility index (Phi) is 3.17. The molecule has 0 aromatic rings. The average molecular weight is 255 g/mol. The quantitative estimate of drug-likeness (QED) is 0.816. The Morgan fingerprint density at radius 2 is 1.94 bits per heavy atom. The van der Waals surface area contributed by atoms with Crippen LogP contribution in [0.15, 0.2) is 0 Å². The van der Waals surface area contributed by atoms with Crippen LogP contribution in [0.2, 0.25) is 0 Å². The zero-order chi connectivity index (χ0) is 12.8. The largest absolute Gasteiger partial charge is 0.394 e. The van der Waals surface area contributed by atoms with E-state index in [0.29, 0.717) is 19.1 Å². The van der Waals surface area contributed by atoms with Crippen molar-refractivity contribution in [3.05, 3.63) is 0 Å². The maximum absolute atomic E-state index is 9.84. The van der Waals surface area contributed by atoms with Crippen molar-refractivity contribution in [2.75, 3.05) is 19.8 Å². The van der Waals surface area contributed by atoms with E-state index >= 15 is 0 Å². The molecule has 3 rings (SSSR count). The van der Waals surface area contributed by atoms with Crippen molar-refractivity contribution in [1.82, 2.24) is 4.90 Å². The maximum atomic E-state index is 9.84. The van der Waals surface area contributed by atoms with E-state index in [0.717, 1.165) is 12.8 Å². The Morgan fingerprint density at radius 1 is 1.22 bits per heavy atom. The highest BCUT2D eigenvalue weighted by Crippen LogP contribution is 2.49. The minimum Gasteiger partial charge on any atom is -0.394 e. The summed E-state index contributed by atoms with van der Waals surface area (Å²) in [5.41, 5.74) is -0.446. The van der Waals surface area contributed by atoms with Crippen molar-refractivity contribution < 1.29 is 14.6 Å². The van der Waals surface area contributed by atoms with Gasteiger partial charge < -0.3 is 14.6 Å². The predicted molar refractivity (Wildman–Crippen MR) is 68.0 cm³/mol. The molecule has 3 fully saturated rings. The van der Waals surface area contributed by atoms with Crippen LogP contribution in [0.3, 0.4) is 0 Å². The molecule has 2 aliphatic heterocycles. The van der Waals surface area contributed by atoms with Gasteiger partial charge in [0.2, 0.25) is 0 Å². The summed E-state index contributed by atoms with van der Waals surface area (Å²) in [4.78, 5) is 2.39. The molecule has 3 aliphatic rings. The van der Waals surface area contributed by atoms with Gasteiger partial charge in [-0.3, -0.25) is 0 Å². The van der Waals surface area contributed by atoms with Gasteiger partial charge in [-0.1, -0.05) is 20.3 Å². The van der Waals surface area contributed by atoms with Crippen LogP contribution >= 0.6 is 0 Å². The molecule has 2 atom stereocenters. The summed E-state index contributed by atoms with van der Waals surface area (Å²) >= 11 is 0. The summed E-state index contributed by atoms with van der Waals surface area (Å²) in [6.07, 6.45) is 6.02. The lowest BCUT2D eigenvalue weighted by atomic mass is 9.88. The molecule has 0 unspecified atom stereocenters. The third-order valence-electron chi connectivity index (χ3n) is 4.84. The minimum atomic E-state index is -0.285. The second-order valence-electron chi connectivity index (χ2n) is 6.49. The molecule has 1 N–H and O–H groups in total. The van der Waals surface area contributed by atoms with E-state index in [9.17, 15) is 5.11 Å². The van der Waals surface area contributed by atoms with Gasteiger partial charge in [0.15, 0.2) is 0 Å². The monoisotopic (exact) mass is 255 g/mol. The van der Waals surface area contributed by atoms with Crippen LogP contribution in [0.5, 0.6) is 0 Å². The van der Waals surface area contributed by atoms with Gasteiger partial charge in [-0.05, 0) is 31.6 Å². The fourth-order valence-corrected chi connectivity index (χ4v) is 3.92. The molecule has 104 valence electrons. The van der Waals surface area contributed by atoms with E-state index in [-0.39, 0.29) is 24.1 Å². The average Bonchev–Trinajstić information content (AvgIpc) is 2.90. The summed E-state index contributed by atoms with van der Waals surface area (Å²) in [5, 5.41) is 9.84. The summed E-state index contributed by atoms with van der Waals surface area (Å²) in [7, 11) is 0. The summed E-state index contributed by atoms with van der Waals surface area (Å²) in [5.74, 6) is 0.430. The molecule has 0 amide bonds. The standard InChI is InChI=1S/C14H25NO3/c1-11(2)12-15-13(8-16,9-17-12)10-18-14(15)6-4-3-5-7-14/h11-12,16H,3-10H2,1-2H3/t12-,13+/m1/s1.